The van der Waals surface area contributed by atoms with Crippen LogP contribution < -0.4 is 0 Å². The van der Waals surface area contributed by atoms with Gasteiger partial charge in [-0.25, -0.2) is 0 Å². The quantitative estimate of drug-likeness (QED) is 0.105. The second kappa shape index (κ2) is 19.6. The second-order valence-corrected chi connectivity index (χ2v) is 11.0. The van der Waals surface area contributed by atoms with Crippen molar-refractivity contribution in [1.82, 2.24) is 0 Å². The molecule has 0 unspecified atom stereocenters. The molecule has 0 aromatic heterocycles. The number of rotatable bonds is 20. The van der Waals surface area contributed by atoms with E-state index in [-0.39, 0.29) is 0 Å². The summed E-state index contributed by atoms with van der Waals surface area (Å²) in [4.78, 5) is 0. The Labute approximate surface area is 233 Å². The topological polar surface area (TPSA) is 179 Å². The lowest BCUT2D eigenvalue weighted by atomic mass is 9.97. The third-order valence-electron chi connectivity index (χ3n) is 7.74. The van der Waals surface area contributed by atoms with Crippen LogP contribution in [-0.2, 0) is 18.9 Å². The summed E-state index contributed by atoms with van der Waals surface area (Å²) in [6.45, 7) is 1.34. The number of aliphatic hydroxyl groups excluding tert-OH is 7. The van der Waals surface area contributed by atoms with Crippen LogP contribution in [0, 0.1) is 0 Å². The fraction of sp³-hybridized carbons (Fsp3) is 1.00. The van der Waals surface area contributed by atoms with Crippen LogP contribution in [0.1, 0.15) is 96.8 Å². The van der Waals surface area contributed by atoms with Gasteiger partial charge < -0.3 is 54.7 Å². The van der Waals surface area contributed by atoms with Crippen molar-refractivity contribution in [3.05, 3.63) is 0 Å². The summed E-state index contributed by atoms with van der Waals surface area (Å²) in [6.07, 6.45) is 2.97. The summed E-state index contributed by atoms with van der Waals surface area (Å²) >= 11 is 0. The van der Waals surface area contributed by atoms with Crippen LogP contribution in [0.2, 0.25) is 0 Å². The minimum atomic E-state index is -1.69. The standard InChI is InChI=1S/C28H54O11/c1-2-3-4-5-6-7-8-9-10-11-12-13-14-15-16-36-27-25(35)23(33)26(20(18-30)38-27)39-28-24(34)22(32)21(31)19(17-29)37-28/h19-35H,2-18H2,1H3/t19-,20-,21+,22+,23-,24+,25-,26+,27-,28+/m0/s1. The summed E-state index contributed by atoms with van der Waals surface area (Å²) in [5, 5.41) is 70.4. The fourth-order valence-electron chi connectivity index (χ4n) is 5.19. The van der Waals surface area contributed by atoms with Crippen molar-refractivity contribution < 1.29 is 54.7 Å². The van der Waals surface area contributed by atoms with E-state index in [1.54, 1.807) is 0 Å². The van der Waals surface area contributed by atoms with Crippen molar-refractivity contribution in [1.29, 1.82) is 0 Å². The molecule has 7 N–H and O–H groups in total. The molecule has 39 heavy (non-hydrogen) atoms. The first-order valence-corrected chi connectivity index (χ1v) is 15.1. The highest BCUT2D eigenvalue weighted by atomic mass is 16.7. The summed E-state index contributed by atoms with van der Waals surface area (Å²) in [7, 11) is 0. The van der Waals surface area contributed by atoms with E-state index in [9.17, 15) is 35.7 Å². The van der Waals surface area contributed by atoms with E-state index < -0.39 is 74.6 Å². The van der Waals surface area contributed by atoms with Gasteiger partial charge in [-0.1, -0.05) is 90.4 Å². The van der Waals surface area contributed by atoms with Crippen molar-refractivity contribution in [3.63, 3.8) is 0 Å². The van der Waals surface area contributed by atoms with Gasteiger partial charge in [-0.3, -0.25) is 0 Å². The molecule has 232 valence electrons. The molecule has 2 heterocycles. The van der Waals surface area contributed by atoms with E-state index in [0.29, 0.717) is 6.61 Å². The van der Waals surface area contributed by atoms with Crippen LogP contribution in [0.4, 0.5) is 0 Å². The van der Waals surface area contributed by atoms with E-state index in [4.69, 9.17) is 18.9 Å². The zero-order chi connectivity index (χ0) is 28.6. The van der Waals surface area contributed by atoms with E-state index in [1.165, 1.54) is 70.6 Å². The summed E-state index contributed by atoms with van der Waals surface area (Å²) < 4.78 is 22.1. The smallest absolute Gasteiger partial charge is 0.187 e. The van der Waals surface area contributed by atoms with Crippen LogP contribution in [-0.4, -0.2) is 117 Å². The summed E-state index contributed by atoms with van der Waals surface area (Å²) in [5.41, 5.74) is 0. The van der Waals surface area contributed by atoms with Gasteiger partial charge in [0.2, 0.25) is 0 Å². The molecule has 2 rings (SSSR count). The molecule has 2 saturated heterocycles. The van der Waals surface area contributed by atoms with Gasteiger partial charge in [0.25, 0.3) is 0 Å². The number of hydrogen-bond donors (Lipinski definition) is 7. The van der Waals surface area contributed by atoms with E-state index in [2.05, 4.69) is 6.92 Å². The molecule has 0 aromatic rings. The lowest BCUT2D eigenvalue weighted by molar-refractivity contribution is -0.359. The second-order valence-electron chi connectivity index (χ2n) is 11.0. The molecule has 10 atom stereocenters. The van der Waals surface area contributed by atoms with Crippen LogP contribution in [0.25, 0.3) is 0 Å². The van der Waals surface area contributed by atoms with E-state index in [1.807, 2.05) is 0 Å². The highest BCUT2D eigenvalue weighted by molar-refractivity contribution is 4.94. The van der Waals surface area contributed by atoms with Crippen molar-refractivity contribution in [2.45, 2.75) is 158 Å². The SMILES string of the molecule is CCCCCCCCCCCCCCCCO[C@H]1O[C@@H](CO)[C@@H](O[C@H]2O[C@@H](CO)[C@@H](O)[C@@H](O)[C@H]2O)[C@@H](O)[C@@H]1O. The highest BCUT2D eigenvalue weighted by Gasteiger charge is 2.50. The maximum Gasteiger partial charge on any atom is 0.187 e. The molecular weight excluding hydrogens is 512 g/mol. The molecule has 0 radical (unpaired) electrons. The molecule has 11 heteroatoms. The lowest BCUT2D eigenvalue weighted by Crippen LogP contribution is -2.64. The highest BCUT2D eigenvalue weighted by Crippen LogP contribution is 2.29. The first-order valence-electron chi connectivity index (χ1n) is 15.1. The average molecular weight is 567 g/mol. The molecule has 0 saturated carbocycles. The Morgan fingerprint density at radius 1 is 0.513 bits per heavy atom. The zero-order valence-corrected chi connectivity index (χ0v) is 23.6. The monoisotopic (exact) mass is 566 g/mol. The van der Waals surface area contributed by atoms with Gasteiger partial charge in [0, 0.05) is 6.61 Å². The van der Waals surface area contributed by atoms with E-state index >= 15 is 0 Å². The average Bonchev–Trinajstić information content (AvgIpc) is 2.94. The Kier molecular flexibility index (Phi) is 17.5. The van der Waals surface area contributed by atoms with Gasteiger partial charge in [-0.2, -0.15) is 0 Å². The van der Waals surface area contributed by atoms with Gasteiger partial charge in [0.1, 0.15) is 48.8 Å². The Hall–Kier alpha value is -0.440. The molecule has 11 nitrogen and oxygen atoms in total. The van der Waals surface area contributed by atoms with Gasteiger partial charge in [-0.15, -0.1) is 0 Å². The fourth-order valence-corrected chi connectivity index (χ4v) is 5.19. The van der Waals surface area contributed by atoms with Crippen molar-refractivity contribution in [3.8, 4) is 0 Å². The minimum absolute atomic E-state index is 0.322. The predicted octanol–water partition coefficient (Wildman–Crippen LogP) is 1.11. The normalized spacial score (nSPS) is 35.4. The number of aliphatic hydroxyl groups is 7. The first-order chi connectivity index (χ1) is 18.8. The Morgan fingerprint density at radius 3 is 1.49 bits per heavy atom. The molecule has 2 aliphatic heterocycles. The Morgan fingerprint density at radius 2 is 0.974 bits per heavy atom. The third-order valence-corrected chi connectivity index (χ3v) is 7.74. The van der Waals surface area contributed by atoms with E-state index in [0.717, 1.165) is 19.3 Å². The predicted molar refractivity (Wildman–Crippen MR) is 143 cm³/mol. The van der Waals surface area contributed by atoms with Gasteiger partial charge >= 0.3 is 0 Å². The molecule has 0 spiro atoms. The maximum atomic E-state index is 10.6. The van der Waals surface area contributed by atoms with Gasteiger partial charge in [0.15, 0.2) is 12.6 Å². The van der Waals surface area contributed by atoms with Crippen molar-refractivity contribution in [2.75, 3.05) is 19.8 Å². The van der Waals surface area contributed by atoms with Crippen LogP contribution in [0.15, 0.2) is 0 Å². The van der Waals surface area contributed by atoms with Crippen molar-refractivity contribution >= 4 is 0 Å². The van der Waals surface area contributed by atoms with Gasteiger partial charge in [-0.05, 0) is 6.42 Å². The zero-order valence-electron chi connectivity index (χ0n) is 23.6. The van der Waals surface area contributed by atoms with Crippen molar-refractivity contribution in [2.24, 2.45) is 0 Å². The third kappa shape index (κ3) is 11.4. The van der Waals surface area contributed by atoms with Crippen LogP contribution >= 0.6 is 0 Å². The Bertz CT molecular complexity index is 608. The molecular formula is C28H54O11. The molecule has 0 aliphatic carbocycles. The largest absolute Gasteiger partial charge is 0.394 e. The number of unbranched alkanes of at least 4 members (excludes halogenated alkanes) is 13. The lowest BCUT2D eigenvalue weighted by Gasteiger charge is -2.45. The number of hydrogen-bond acceptors (Lipinski definition) is 11. The summed E-state index contributed by atoms with van der Waals surface area (Å²) in [6, 6.07) is 0. The molecule has 2 fully saturated rings. The Balaban J connectivity index is 1.62. The minimum Gasteiger partial charge on any atom is -0.394 e. The first kappa shape index (κ1) is 34.8. The number of ether oxygens (including phenoxy) is 4. The molecule has 0 bridgehead atoms. The molecule has 0 amide bonds. The van der Waals surface area contributed by atoms with Crippen LogP contribution in [0.3, 0.4) is 0 Å². The molecule has 2 aliphatic rings. The molecule has 0 aromatic carbocycles. The van der Waals surface area contributed by atoms with Gasteiger partial charge in [0.05, 0.1) is 13.2 Å². The maximum absolute atomic E-state index is 10.6. The summed E-state index contributed by atoms with van der Waals surface area (Å²) in [5.74, 6) is 0. The van der Waals surface area contributed by atoms with Crippen LogP contribution in [0.5, 0.6) is 0 Å².